The van der Waals surface area contributed by atoms with Crippen LogP contribution < -0.4 is 19.5 Å². The molecular weight excluding hydrogens is 421 g/mol. The topological polar surface area (TPSA) is 85.5 Å². The van der Waals surface area contributed by atoms with Gasteiger partial charge in [-0.25, -0.2) is 9.37 Å². The lowest BCUT2D eigenvalue weighted by molar-refractivity contribution is 0.102. The molecule has 0 unspecified atom stereocenters. The van der Waals surface area contributed by atoms with Crippen molar-refractivity contribution in [1.82, 2.24) is 9.97 Å². The van der Waals surface area contributed by atoms with Gasteiger partial charge >= 0.3 is 0 Å². The number of ether oxygens (including phenoxy) is 3. The van der Waals surface area contributed by atoms with E-state index < -0.39 is 0 Å². The number of thiazole rings is 1. The zero-order valence-electron chi connectivity index (χ0n) is 17.1. The van der Waals surface area contributed by atoms with Crippen molar-refractivity contribution in [1.29, 1.82) is 0 Å². The number of carbonyl (C=O) groups is 1. The number of fused-ring (bicyclic) bond motifs is 1. The van der Waals surface area contributed by atoms with Crippen molar-refractivity contribution in [2.45, 2.75) is 6.42 Å². The largest absolute Gasteiger partial charge is 0.496 e. The van der Waals surface area contributed by atoms with E-state index in [0.717, 1.165) is 10.4 Å². The summed E-state index contributed by atoms with van der Waals surface area (Å²) in [7, 11) is 4.60. The Morgan fingerprint density at radius 2 is 1.94 bits per heavy atom. The van der Waals surface area contributed by atoms with Crippen molar-refractivity contribution >= 4 is 33.3 Å². The molecule has 7 nitrogen and oxygen atoms in total. The third kappa shape index (κ3) is 4.17. The molecule has 2 aromatic heterocycles. The third-order valence-corrected chi connectivity index (χ3v) is 5.64. The Labute approximate surface area is 181 Å². The molecule has 160 valence electrons. The predicted octanol–water partition coefficient (Wildman–Crippen LogP) is 4.63. The van der Waals surface area contributed by atoms with Gasteiger partial charge in [0, 0.05) is 28.9 Å². The average Bonchev–Trinajstić information content (AvgIpc) is 3.39. The molecule has 0 radical (unpaired) electrons. The Morgan fingerprint density at radius 1 is 1.13 bits per heavy atom. The highest BCUT2D eigenvalue weighted by molar-refractivity contribution is 7.15. The summed E-state index contributed by atoms with van der Waals surface area (Å²) in [5, 5.41) is 3.93. The second kappa shape index (κ2) is 8.65. The highest BCUT2D eigenvalue weighted by atomic mass is 32.1. The molecule has 9 heteroatoms. The van der Waals surface area contributed by atoms with Crippen LogP contribution in [0.2, 0.25) is 0 Å². The van der Waals surface area contributed by atoms with Crippen LogP contribution in [0.5, 0.6) is 17.2 Å². The van der Waals surface area contributed by atoms with Crippen molar-refractivity contribution in [2.24, 2.45) is 0 Å². The number of hydrogen-bond donors (Lipinski definition) is 2. The van der Waals surface area contributed by atoms with Crippen LogP contribution in [0.4, 0.5) is 9.52 Å². The lowest BCUT2D eigenvalue weighted by Gasteiger charge is -2.11. The van der Waals surface area contributed by atoms with Gasteiger partial charge in [-0.15, -0.1) is 11.3 Å². The fourth-order valence-corrected chi connectivity index (χ4v) is 4.16. The maximum Gasteiger partial charge on any atom is 0.273 e. The van der Waals surface area contributed by atoms with Gasteiger partial charge in [-0.3, -0.25) is 10.1 Å². The number of anilines is 1. The molecule has 2 aromatic carbocycles. The van der Waals surface area contributed by atoms with Crippen LogP contribution >= 0.6 is 11.3 Å². The monoisotopic (exact) mass is 441 g/mol. The van der Waals surface area contributed by atoms with Gasteiger partial charge in [0.15, 0.2) is 16.6 Å². The van der Waals surface area contributed by atoms with E-state index in [-0.39, 0.29) is 11.7 Å². The Balaban J connectivity index is 1.57. The molecule has 4 aromatic rings. The number of carbonyl (C=O) groups excluding carboxylic acids is 1. The van der Waals surface area contributed by atoms with Crippen molar-refractivity contribution < 1.29 is 23.4 Å². The van der Waals surface area contributed by atoms with Gasteiger partial charge in [0.2, 0.25) is 0 Å². The van der Waals surface area contributed by atoms with Crippen molar-refractivity contribution in [3.8, 4) is 17.2 Å². The van der Waals surface area contributed by atoms with E-state index in [0.29, 0.717) is 45.4 Å². The third-order valence-electron chi connectivity index (χ3n) is 4.73. The number of H-pyrrole nitrogens is 1. The molecule has 0 saturated heterocycles. The number of hydrogen-bond acceptors (Lipinski definition) is 6. The number of aromatic amines is 1. The SMILES string of the molecule is COc1cc(OC)c2cc(C(=O)Nc3ncc(Cc4cccc(F)c4)s3)[nH]c2c1OC. The van der Waals surface area contributed by atoms with Crippen LogP contribution in [0.25, 0.3) is 10.9 Å². The highest BCUT2D eigenvalue weighted by Crippen LogP contribution is 2.41. The van der Waals surface area contributed by atoms with Crippen LogP contribution in [0.1, 0.15) is 20.9 Å². The number of benzene rings is 2. The summed E-state index contributed by atoms with van der Waals surface area (Å²) in [5.74, 6) is 0.879. The number of nitrogens with zero attached hydrogens (tertiary/aromatic N) is 1. The average molecular weight is 441 g/mol. The molecule has 1 amide bonds. The molecular formula is C22H20FN3O4S. The predicted molar refractivity (Wildman–Crippen MR) is 117 cm³/mol. The zero-order valence-corrected chi connectivity index (χ0v) is 17.9. The van der Waals surface area contributed by atoms with E-state index in [1.807, 2.05) is 6.07 Å². The summed E-state index contributed by atoms with van der Waals surface area (Å²) in [6.45, 7) is 0. The second-order valence-corrected chi connectivity index (χ2v) is 7.79. The first kappa shape index (κ1) is 20.7. The van der Waals surface area contributed by atoms with Crippen molar-refractivity contribution in [3.05, 3.63) is 64.5 Å². The van der Waals surface area contributed by atoms with E-state index in [1.165, 1.54) is 37.7 Å². The minimum Gasteiger partial charge on any atom is -0.496 e. The molecule has 31 heavy (non-hydrogen) atoms. The number of methoxy groups -OCH3 is 3. The van der Waals surface area contributed by atoms with Gasteiger partial charge < -0.3 is 19.2 Å². The number of halogens is 1. The summed E-state index contributed by atoms with van der Waals surface area (Å²) in [4.78, 5) is 21.1. The first-order valence-electron chi connectivity index (χ1n) is 9.34. The summed E-state index contributed by atoms with van der Waals surface area (Å²) in [6.07, 6.45) is 2.21. The van der Waals surface area contributed by atoms with Crippen LogP contribution in [-0.2, 0) is 6.42 Å². The van der Waals surface area contributed by atoms with Gasteiger partial charge in [-0.05, 0) is 23.8 Å². The maximum atomic E-state index is 13.4. The summed E-state index contributed by atoms with van der Waals surface area (Å²) in [6, 6.07) is 9.80. The first-order chi connectivity index (χ1) is 15.0. The second-order valence-electron chi connectivity index (χ2n) is 6.68. The summed E-state index contributed by atoms with van der Waals surface area (Å²) in [5.41, 5.74) is 1.75. The van der Waals surface area contributed by atoms with E-state index in [4.69, 9.17) is 14.2 Å². The smallest absolute Gasteiger partial charge is 0.273 e. The van der Waals surface area contributed by atoms with Gasteiger partial charge in [-0.2, -0.15) is 0 Å². The van der Waals surface area contributed by atoms with Crippen LogP contribution in [0, 0.1) is 5.82 Å². The number of rotatable bonds is 7. The van der Waals surface area contributed by atoms with Crippen LogP contribution in [0.3, 0.4) is 0 Å². The Morgan fingerprint density at radius 3 is 2.65 bits per heavy atom. The minimum atomic E-state index is -0.356. The van der Waals surface area contributed by atoms with Crippen LogP contribution in [-0.4, -0.2) is 37.2 Å². The lowest BCUT2D eigenvalue weighted by Crippen LogP contribution is -2.11. The molecule has 2 N–H and O–H groups in total. The summed E-state index contributed by atoms with van der Waals surface area (Å²) < 4.78 is 29.6. The van der Waals surface area contributed by atoms with E-state index in [9.17, 15) is 9.18 Å². The van der Waals surface area contributed by atoms with E-state index in [2.05, 4.69) is 15.3 Å². The first-order valence-corrected chi connectivity index (χ1v) is 10.2. The quantitative estimate of drug-likeness (QED) is 0.437. The minimum absolute atomic E-state index is 0.281. The molecule has 0 bridgehead atoms. The number of nitrogens with one attached hydrogen (secondary N) is 2. The molecule has 0 fully saturated rings. The molecule has 0 aliphatic heterocycles. The Bertz CT molecular complexity index is 1250. The van der Waals surface area contributed by atoms with Crippen LogP contribution in [0.15, 0.2) is 42.6 Å². The Kier molecular flexibility index (Phi) is 5.77. The summed E-state index contributed by atoms with van der Waals surface area (Å²) >= 11 is 1.34. The Hall–Kier alpha value is -3.59. The molecule has 2 heterocycles. The molecule has 0 spiro atoms. The van der Waals surface area contributed by atoms with Gasteiger partial charge in [-0.1, -0.05) is 12.1 Å². The number of amides is 1. The molecule has 0 aliphatic carbocycles. The lowest BCUT2D eigenvalue weighted by atomic mass is 10.1. The zero-order chi connectivity index (χ0) is 22.0. The molecule has 0 saturated carbocycles. The molecule has 4 rings (SSSR count). The van der Waals surface area contributed by atoms with Crippen molar-refractivity contribution in [3.63, 3.8) is 0 Å². The van der Waals surface area contributed by atoms with Crippen molar-refractivity contribution in [2.75, 3.05) is 26.6 Å². The van der Waals surface area contributed by atoms with E-state index >= 15 is 0 Å². The molecule has 0 atom stereocenters. The number of aromatic nitrogens is 2. The van der Waals surface area contributed by atoms with Gasteiger partial charge in [0.05, 0.1) is 26.8 Å². The maximum absolute atomic E-state index is 13.4. The van der Waals surface area contributed by atoms with E-state index in [1.54, 1.807) is 31.5 Å². The van der Waals surface area contributed by atoms with Gasteiger partial charge in [0.1, 0.15) is 17.3 Å². The fraction of sp³-hybridized carbons (Fsp3) is 0.182. The standard InChI is InChI=1S/C22H20FN3O4S/c1-28-17-10-18(29-2)20(30-3)19-15(17)9-16(25-19)21(27)26-22-24-11-14(31-22)8-12-5-4-6-13(23)7-12/h4-7,9-11,25H,8H2,1-3H3,(H,24,26,27). The highest BCUT2D eigenvalue weighted by Gasteiger charge is 2.20. The normalized spacial score (nSPS) is 10.8. The van der Waals surface area contributed by atoms with Gasteiger partial charge in [0.25, 0.3) is 5.91 Å². The fourth-order valence-electron chi connectivity index (χ4n) is 3.32. The molecule has 0 aliphatic rings.